The molecule has 7 nitrogen and oxygen atoms in total. The first-order chi connectivity index (χ1) is 12.8. The number of rotatable bonds is 4. The van der Waals surface area contributed by atoms with Crippen LogP contribution in [-0.4, -0.2) is 33.0 Å². The molecule has 1 heterocycles. The second kappa shape index (κ2) is 7.24. The Morgan fingerprint density at radius 2 is 1.81 bits per heavy atom. The van der Waals surface area contributed by atoms with Crippen molar-refractivity contribution in [1.29, 1.82) is 0 Å². The van der Waals surface area contributed by atoms with E-state index in [-0.39, 0.29) is 11.7 Å². The maximum Gasteiger partial charge on any atom is 0.251 e. The highest BCUT2D eigenvalue weighted by Crippen LogP contribution is 2.34. The summed E-state index contributed by atoms with van der Waals surface area (Å²) in [4.78, 5) is 23.9. The molecule has 0 radical (unpaired) electrons. The molecule has 0 aromatic heterocycles. The highest BCUT2D eigenvalue weighted by Gasteiger charge is 2.34. The fourth-order valence-corrected chi connectivity index (χ4v) is 4.26. The molecule has 2 amide bonds. The second-order valence-corrected chi connectivity index (χ2v) is 8.15. The maximum atomic E-state index is 12.6. The van der Waals surface area contributed by atoms with Crippen LogP contribution in [0.5, 0.6) is 0 Å². The Hall–Kier alpha value is -3.13. The minimum absolute atomic E-state index is 0.209. The summed E-state index contributed by atoms with van der Waals surface area (Å²) in [6.07, 6.45) is 1.15. The zero-order valence-corrected chi connectivity index (χ0v) is 15.5. The summed E-state index contributed by atoms with van der Waals surface area (Å²) < 4.78 is 26.0. The SMILES string of the molecule is C=CC(=O)Nc1ccc(C(=O)NC2CS(=O)(=O)N(C)c3ccccc32)cc1. The van der Waals surface area contributed by atoms with Crippen molar-refractivity contribution < 1.29 is 18.0 Å². The van der Waals surface area contributed by atoms with Gasteiger partial charge in [0.2, 0.25) is 15.9 Å². The second-order valence-electron chi connectivity index (χ2n) is 6.10. The van der Waals surface area contributed by atoms with Gasteiger partial charge >= 0.3 is 0 Å². The maximum absolute atomic E-state index is 12.6. The predicted molar refractivity (Wildman–Crippen MR) is 104 cm³/mol. The van der Waals surface area contributed by atoms with Crippen LogP contribution in [0.3, 0.4) is 0 Å². The Morgan fingerprint density at radius 1 is 1.15 bits per heavy atom. The largest absolute Gasteiger partial charge is 0.344 e. The first-order valence-electron chi connectivity index (χ1n) is 8.21. The highest BCUT2D eigenvalue weighted by atomic mass is 32.2. The van der Waals surface area contributed by atoms with Gasteiger partial charge in [-0.1, -0.05) is 24.8 Å². The smallest absolute Gasteiger partial charge is 0.251 e. The molecule has 0 saturated heterocycles. The van der Waals surface area contributed by atoms with Crippen molar-refractivity contribution in [3.05, 3.63) is 72.3 Å². The molecule has 1 unspecified atom stereocenters. The molecule has 2 aromatic rings. The average molecular weight is 385 g/mol. The van der Waals surface area contributed by atoms with E-state index >= 15 is 0 Å². The minimum Gasteiger partial charge on any atom is -0.344 e. The number of carbonyl (C=O) groups excluding carboxylic acids is 2. The number of benzene rings is 2. The number of hydrogen-bond donors (Lipinski definition) is 2. The summed E-state index contributed by atoms with van der Waals surface area (Å²) in [5, 5.41) is 5.38. The molecule has 0 bridgehead atoms. The Balaban J connectivity index is 1.80. The van der Waals surface area contributed by atoms with Crippen LogP contribution in [0.4, 0.5) is 11.4 Å². The van der Waals surface area contributed by atoms with Gasteiger partial charge in [-0.05, 0) is 42.0 Å². The Bertz CT molecular complexity index is 1000. The van der Waals surface area contributed by atoms with E-state index in [4.69, 9.17) is 0 Å². The van der Waals surface area contributed by atoms with Crippen LogP contribution in [0.25, 0.3) is 0 Å². The number of sulfonamides is 1. The van der Waals surface area contributed by atoms with E-state index in [1.165, 1.54) is 11.4 Å². The number of carbonyl (C=O) groups is 2. The molecule has 0 fully saturated rings. The molecule has 3 rings (SSSR count). The molecule has 140 valence electrons. The Labute approximate surface area is 157 Å². The van der Waals surface area contributed by atoms with Gasteiger partial charge in [-0.15, -0.1) is 0 Å². The number of anilines is 2. The van der Waals surface area contributed by atoms with Crippen LogP contribution >= 0.6 is 0 Å². The van der Waals surface area contributed by atoms with Crippen LogP contribution in [0.1, 0.15) is 22.0 Å². The normalized spacial score (nSPS) is 17.5. The molecule has 0 saturated carbocycles. The van der Waals surface area contributed by atoms with Gasteiger partial charge in [-0.25, -0.2) is 8.42 Å². The van der Waals surface area contributed by atoms with E-state index in [1.54, 1.807) is 48.5 Å². The van der Waals surface area contributed by atoms with Gasteiger partial charge < -0.3 is 10.6 Å². The zero-order valence-electron chi connectivity index (χ0n) is 14.7. The molecule has 27 heavy (non-hydrogen) atoms. The van der Waals surface area contributed by atoms with E-state index in [0.29, 0.717) is 16.9 Å². The monoisotopic (exact) mass is 385 g/mol. The van der Waals surface area contributed by atoms with Crippen LogP contribution in [0.15, 0.2) is 61.2 Å². The van der Waals surface area contributed by atoms with Gasteiger partial charge in [0.1, 0.15) is 0 Å². The molecule has 8 heteroatoms. The van der Waals surface area contributed by atoms with Crippen molar-refractivity contribution in [2.75, 3.05) is 22.4 Å². The van der Waals surface area contributed by atoms with Gasteiger partial charge in [-0.3, -0.25) is 13.9 Å². The third-order valence-corrected chi connectivity index (χ3v) is 6.14. The topological polar surface area (TPSA) is 95.6 Å². The number of para-hydroxylation sites is 1. The summed E-state index contributed by atoms with van der Waals surface area (Å²) in [6, 6.07) is 12.7. The Morgan fingerprint density at radius 3 is 2.48 bits per heavy atom. The van der Waals surface area contributed by atoms with E-state index in [2.05, 4.69) is 17.2 Å². The molecule has 0 spiro atoms. The lowest BCUT2D eigenvalue weighted by Gasteiger charge is -2.33. The van der Waals surface area contributed by atoms with E-state index < -0.39 is 22.0 Å². The van der Waals surface area contributed by atoms with Crippen LogP contribution < -0.4 is 14.9 Å². The van der Waals surface area contributed by atoms with Crippen molar-refractivity contribution >= 4 is 33.2 Å². The number of nitrogens with zero attached hydrogens (tertiary/aromatic N) is 1. The van der Waals surface area contributed by atoms with Gasteiger partial charge in [0.25, 0.3) is 5.91 Å². The molecule has 2 N–H and O–H groups in total. The molecule has 1 atom stereocenters. The van der Waals surface area contributed by atoms with E-state index in [9.17, 15) is 18.0 Å². The zero-order chi connectivity index (χ0) is 19.6. The first-order valence-corrected chi connectivity index (χ1v) is 9.82. The number of nitrogens with one attached hydrogen (secondary N) is 2. The molecular weight excluding hydrogens is 366 g/mol. The predicted octanol–water partition coefficient (Wildman–Crippen LogP) is 2.06. The number of hydrogen-bond acceptors (Lipinski definition) is 4. The lowest BCUT2D eigenvalue weighted by molar-refractivity contribution is -0.111. The molecular formula is C19H19N3O4S. The van der Waals surface area contributed by atoms with Crippen molar-refractivity contribution in [2.24, 2.45) is 0 Å². The summed E-state index contributed by atoms with van der Waals surface area (Å²) in [5.74, 6) is -0.948. The highest BCUT2D eigenvalue weighted by molar-refractivity contribution is 7.92. The van der Waals surface area contributed by atoms with Crippen molar-refractivity contribution in [3.8, 4) is 0 Å². The fourth-order valence-electron chi connectivity index (χ4n) is 2.89. The third kappa shape index (κ3) is 3.85. The van der Waals surface area contributed by atoms with Gasteiger partial charge in [-0.2, -0.15) is 0 Å². The quantitative estimate of drug-likeness (QED) is 0.788. The van der Waals surface area contributed by atoms with Crippen LogP contribution in [-0.2, 0) is 14.8 Å². The summed E-state index contributed by atoms with van der Waals surface area (Å²) in [5.41, 5.74) is 2.19. The van der Waals surface area contributed by atoms with Crippen LogP contribution in [0.2, 0.25) is 0 Å². The molecule has 1 aliphatic rings. The molecule has 0 aliphatic carbocycles. The van der Waals surface area contributed by atoms with E-state index in [0.717, 1.165) is 11.6 Å². The lowest BCUT2D eigenvalue weighted by Crippen LogP contribution is -2.43. The van der Waals surface area contributed by atoms with Gasteiger partial charge in [0.15, 0.2) is 0 Å². The summed E-state index contributed by atoms with van der Waals surface area (Å²) in [6.45, 7) is 3.37. The van der Waals surface area contributed by atoms with E-state index in [1.807, 2.05) is 0 Å². The van der Waals surface area contributed by atoms with Crippen molar-refractivity contribution in [1.82, 2.24) is 5.32 Å². The van der Waals surface area contributed by atoms with Gasteiger partial charge in [0, 0.05) is 18.3 Å². The standard InChI is InChI=1S/C19H19N3O4S/c1-3-18(23)20-14-10-8-13(9-11-14)19(24)21-16-12-27(25,26)22(2)17-7-5-4-6-15(16)17/h3-11,16H,1,12H2,2H3,(H,20,23)(H,21,24). The lowest BCUT2D eigenvalue weighted by atomic mass is 10.0. The fraction of sp³-hybridized carbons (Fsp3) is 0.158. The number of amides is 2. The average Bonchev–Trinajstić information content (AvgIpc) is 2.66. The number of fused-ring (bicyclic) bond motifs is 1. The minimum atomic E-state index is -3.51. The first kappa shape index (κ1) is 18.7. The Kier molecular flexibility index (Phi) is 5.00. The molecule has 1 aliphatic heterocycles. The summed E-state index contributed by atoms with van der Waals surface area (Å²) in [7, 11) is -2.01. The molecule has 2 aromatic carbocycles. The van der Waals surface area contributed by atoms with Crippen molar-refractivity contribution in [3.63, 3.8) is 0 Å². The van der Waals surface area contributed by atoms with Crippen molar-refractivity contribution in [2.45, 2.75) is 6.04 Å². The third-order valence-electron chi connectivity index (χ3n) is 4.35. The van der Waals surface area contributed by atoms with Crippen LogP contribution in [0, 0.1) is 0 Å². The summed E-state index contributed by atoms with van der Waals surface area (Å²) >= 11 is 0. The van der Waals surface area contributed by atoms with Gasteiger partial charge in [0.05, 0.1) is 17.5 Å².